The van der Waals surface area contributed by atoms with Crippen molar-refractivity contribution in [3.8, 4) is 5.75 Å². The highest BCUT2D eigenvalue weighted by atomic mass is 35.5. The summed E-state index contributed by atoms with van der Waals surface area (Å²) in [6, 6.07) is 5.57. The van der Waals surface area contributed by atoms with Crippen LogP contribution in [0.4, 0.5) is 0 Å². The van der Waals surface area contributed by atoms with Gasteiger partial charge in [0.1, 0.15) is 17.8 Å². The molecule has 0 aliphatic heterocycles. The third kappa shape index (κ3) is 5.53. The van der Waals surface area contributed by atoms with Crippen molar-refractivity contribution < 1.29 is 9.53 Å². The van der Waals surface area contributed by atoms with Gasteiger partial charge in [-0.1, -0.05) is 95.3 Å². The maximum Gasteiger partial charge on any atom is 0.136 e. The Morgan fingerprint density at radius 1 is 1.00 bits per heavy atom. The Morgan fingerprint density at radius 3 is 1.97 bits per heavy atom. The summed E-state index contributed by atoms with van der Waals surface area (Å²) in [5.41, 5.74) is 0.726. The number of benzene rings is 1. The van der Waals surface area contributed by atoms with E-state index >= 15 is 0 Å². The van der Waals surface area contributed by atoms with Gasteiger partial charge in [0, 0.05) is 27.8 Å². The number of halogens is 1. The molecule has 7 heteroatoms. The van der Waals surface area contributed by atoms with Crippen molar-refractivity contribution in [2.75, 3.05) is 6.61 Å². The monoisotopic (exact) mass is 482 g/mol. The Kier molecular flexibility index (Phi) is 8.76. The molecule has 1 rings (SSSR count). The predicted molar refractivity (Wildman–Crippen MR) is 141 cm³/mol. The van der Waals surface area contributed by atoms with E-state index in [-0.39, 0.29) is 0 Å². The summed E-state index contributed by atoms with van der Waals surface area (Å²) in [7, 11) is -5.25. The van der Waals surface area contributed by atoms with E-state index in [0.29, 0.717) is 22.8 Å². The molecule has 0 saturated carbocycles. The SMILES string of the molecule is C=C/C=C/CCOc1ccc(Cl)cc1C(=O)[Si]([Si](C)(C)C)([Si](C)(C)C)[Si](C)(C)C. The first-order valence-electron chi connectivity index (χ1n) is 10.4. The fraction of sp³-hybridized carbons (Fsp3) is 0.500. The molecule has 0 unspecified atom stereocenters. The van der Waals surface area contributed by atoms with Crippen LogP contribution in [-0.4, -0.2) is 41.4 Å². The topological polar surface area (TPSA) is 26.3 Å². The number of rotatable bonds is 10. The lowest BCUT2D eigenvalue weighted by Gasteiger charge is -2.55. The fourth-order valence-electron chi connectivity index (χ4n) is 5.83. The zero-order valence-electron chi connectivity index (χ0n) is 19.8. The summed E-state index contributed by atoms with van der Waals surface area (Å²) >= 11 is 6.38. The van der Waals surface area contributed by atoms with Crippen LogP contribution in [0, 0.1) is 0 Å². The van der Waals surface area contributed by atoms with E-state index in [1.165, 1.54) is 0 Å². The number of hydrogen-bond acceptors (Lipinski definition) is 2. The van der Waals surface area contributed by atoms with Crippen LogP contribution in [0.15, 0.2) is 43.0 Å². The molecule has 0 radical (unpaired) electrons. The van der Waals surface area contributed by atoms with Gasteiger partial charge in [0.15, 0.2) is 0 Å². The molecule has 0 aliphatic carbocycles. The Balaban J connectivity index is 3.61. The van der Waals surface area contributed by atoms with Crippen LogP contribution in [0.3, 0.4) is 0 Å². The number of ether oxygens (including phenoxy) is 1. The Hall–Kier alpha value is -0.672. The van der Waals surface area contributed by atoms with Gasteiger partial charge in [-0.05, 0) is 24.6 Å². The summed E-state index contributed by atoms with van der Waals surface area (Å²) in [5, 5.41) is 1.02. The van der Waals surface area contributed by atoms with Gasteiger partial charge < -0.3 is 9.53 Å². The third-order valence-electron chi connectivity index (χ3n) is 5.72. The summed E-state index contributed by atoms with van der Waals surface area (Å²) in [4.78, 5) is 14.5. The summed E-state index contributed by atoms with van der Waals surface area (Å²) < 4.78 is 6.10. The van der Waals surface area contributed by atoms with Crippen molar-refractivity contribution in [2.45, 2.75) is 65.3 Å². The van der Waals surface area contributed by atoms with E-state index in [1.54, 1.807) is 6.08 Å². The first kappa shape index (κ1) is 26.4. The number of hydrogen-bond donors (Lipinski definition) is 0. The van der Waals surface area contributed by atoms with Gasteiger partial charge >= 0.3 is 0 Å². The molecule has 162 valence electrons. The van der Waals surface area contributed by atoms with Crippen molar-refractivity contribution in [1.29, 1.82) is 0 Å². The zero-order valence-corrected chi connectivity index (χ0v) is 24.5. The van der Waals surface area contributed by atoms with E-state index in [9.17, 15) is 4.79 Å². The molecule has 29 heavy (non-hydrogen) atoms. The lowest BCUT2D eigenvalue weighted by atomic mass is 10.2. The molecule has 0 aliphatic rings. The third-order valence-corrected chi connectivity index (χ3v) is 76.4. The number of allylic oxidation sites excluding steroid dienone is 2. The van der Waals surface area contributed by atoms with Crippen LogP contribution in [0.25, 0.3) is 0 Å². The lowest BCUT2D eigenvalue weighted by molar-refractivity contribution is 0.107. The molecule has 0 atom stereocenters. The molecule has 0 bridgehead atoms. The van der Waals surface area contributed by atoms with Crippen molar-refractivity contribution >= 4 is 46.4 Å². The highest BCUT2D eigenvalue weighted by Gasteiger charge is 2.66. The average Bonchev–Trinajstić information content (AvgIpc) is 2.52. The van der Waals surface area contributed by atoms with Gasteiger partial charge in [0.05, 0.1) is 12.2 Å². The minimum Gasteiger partial charge on any atom is -0.493 e. The number of carbonyl (C=O) groups is 1. The minimum absolute atomic E-state index is 0.411. The standard InChI is InChI=1S/C22H39ClO2Si4/c1-11-12-13-14-17-25-21-16-15-19(23)18-20(21)22(24)29(26(2,3)4,27(5,6)7)28(8,9)10/h11-13,15-16,18H,1,14,17H2,2-10H3/b13-12+. The van der Waals surface area contributed by atoms with Gasteiger partial charge in [-0.15, -0.1) is 0 Å². The van der Waals surface area contributed by atoms with Crippen molar-refractivity contribution in [3.63, 3.8) is 0 Å². The molecule has 2 nitrogen and oxygen atoms in total. The van der Waals surface area contributed by atoms with E-state index in [4.69, 9.17) is 16.3 Å². The van der Waals surface area contributed by atoms with Crippen LogP contribution < -0.4 is 4.74 Å². The number of carbonyl (C=O) groups excluding carboxylic acids is 1. The van der Waals surface area contributed by atoms with Gasteiger partial charge in [0.2, 0.25) is 0 Å². The molecule has 0 saturated heterocycles. The molecule has 0 aromatic heterocycles. The Bertz CT molecular complexity index is 732. The quantitative estimate of drug-likeness (QED) is 0.199. The van der Waals surface area contributed by atoms with E-state index < -0.39 is 29.4 Å². The molecule has 0 amide bonds. The average molecular weight is 483 g/mol. The Morgan fingerprint density at radius 2 is 1.52 bits per heavy atom. The largest absolute Gasteiger partial charge is 0.493 e. The highest BCUT2D eigenvalue weighted by Crippen LogP contribution is 2.41. The van der Waals surface area contributed by atoms with Crippen LogP contribution in [0.5, 0.6) is 5.75 Å². The second-order valence-electron chi connectivity index (χ2n) is 10.8. The van der Waals surface area contributed by atoms with Gasteiger partial charge in [-0.25, -0.2) is 0 Å². The maximum absolute atomic E-state index is 14.5. The predicted octanol–water partition coefficient (Wildman–Crippen LogP) is 7.27. The van der Waals surface area contributed by atoms with Gasteiger partial charge in [0.25, 0.3) is 0 Å². The highest BCUT2D eigenvalue weighted by molar-refractivity contribution is 7.97. The minimum atomic E-state index is -2.25. The molecule has 0 spiro atoms. The van der Waals surface area contributed by atoms with Gasteiger partial charge in [-0.3, -0.25) is 0 Å². The van der Waals surface area contributed by atoms with Crippen LogP contribution >= 0.6 is 11.6 Å². The summed E-state index contributed by atoms with van der Waals surface area (Å²) in [5.74, 6) is 0.693. The van der Waals surface area contributed by atoms with E-state index in [0.717, 1.165) is 12.0 Å². The molecule has 1 aromatic carbocycles. The second kappa shape index (κ2) is 9.64. The van der Waals surface area contributed by atoms with Gasteiger partial charge in [-0.2, -0.15) is 0 Å². The first-order chi connectivity index (χ1) is 13.1. The Labute approximate surface area is 186 Å². The first-order valence-corrected chi connectivity index (χ1v) is 26.2. The summed E-state index contributed by atoms with van der Waals surface area (Å²) in [6.45, 7) is 23.8. The van der Waals surface area contributed by atoms with Crippen LogP contribution in [-0.2, 0) is 0 Å². The van der Waals surface area contributed by atoms with Crippen LogP contribution in [0.1, 0.15) is 16.8 Å². The fourth-order valence-corrected chi connectivity index (χ4v) is 104. The molecule has 1 aromatic rings. The molecular formula is C22H39ClO2Si4. The van der Waals surface area contributed by atoms with Crippen molar-refractivity contribution in [3.05, 3.63) is 53.6 Å². The molecule has 0 fully saturated rings. The van der Waals surface area contributed by atoms with Crippen LogP contribution in [0.2, 0.25) is 63.9 Å². The van der Waals surface area contributed by atoms with Crippen molar-refractivity contribution in [1.82, 2.24) is 0 Å². The zero-order chi connectivity index (χ0) is 22.7. The molecular weight excluding hydrogens is 444 g/mol. The van der Waals surface area contributed by atoms with E-state index in [2.05, 4.69) is 65.5 Å². The smallest absolute Gasteiger partial charge is 0.136 e. The lowest BCUT2D eigenvalue weighted by Crippen LogP contribution is -2.86. The summed E-state index contributed by atoms with van der Waals surface area (Å²) in [6.07, 6.45) is 6.47. The normalized spacial score (nSPS) is 13.6. The van der Waals surface area contributed by atoms with E-state index in [1.807, 2.05) is 30.4 Å². The molecule has 0 heterocycles. The second-order valence-corrected chi connectivity index (χ2v) is 51.4. The maximum atomic E-state index is 14.5. The van der Waals surface area contributed by atoms with Crippen molar-refractivity contribution in [2.24, 2.45) is 0 Å². The molecule has 0 N–H and O–H groups in total.